The molecule has 0 saturated carbocycles. The van der Waals surface area contributed by atoms with E-state index in [4.69, 9.17) is 4.42 Å². The van der Waals surface area contributed by atoms with Crippen molar-refractivity contribution in [1.29, 1.82) is 0 Å². The van der Waals surface area contributed by atoms with Crippen molar-refractivity contribution in [1.82, 2.24) is 10.6 Å². The number of furan rings is 1. The predicted octanol–water partition coefficient (Wildman–Crippen LogP) is 5.07. The number of thiophene rings is 1. The average Bonchev–Trinajstić information content (AvgIpc) is 3.45. The molecule has 2 heterocycles. The number of rotatable bonds is 8. The molecule has 6 nitrogen and oxygen atoms in total. The third-order valence-corrected chi connectivity index (χ3v) is 5.11. The van der Waals surface area contributed by atoms with Crippen molar-refractivity contribution in [3.05, 3.63) is 76.4 Å². The number of nitrogens with zero attached hydrogens (tertiary/aromatic N) is 1. The number of carbonyl (C=O) groups is 1. The van der Waals surface area contributed by atoms with Crippen molar-refractivity contribution in [2.45, 2.75) is 26.3 Å². The average molecular weight is 538 g/mol. The molecular weight excluding hydrogens is 511 g/mol. The van der Waals surface area contributed by atoms with E-state index in [2.05, 4.69) is 51.6 Å². The molecule has 1 unspecified atom stereocenters. The Morgan fingerprint density at radius 1 is 1.17 bits per heavy atom. The molecule has 0 aliphatic rings. The van der Waals surface area contributed by atoms with Gasteiger partial charge in [0.25, 0.3) is 5.91 Å². The Morgan fingerprint density at radius 3 is 2.60 bits per heavy atom. The largest absolute Gasteiger partial charge is 0.459 e. The van der Waals surface area contributed by atoms with Gasteiger partial charge in [-0.25, -0.2) is 4.99 Å². The van der Waals surface area contributed by atoms with E-state index in [0.717, 1.165) is 24.6 Å². The van der Waals surface area contributed by atoms with E-state index in [1.807, 2.05) is 24.3 Å². The number of guanidine groups is 1. The smallest absolute Gasteiger partial charge is 0.291 e. The molecule has 0 spiro atoms. The number of halogens is 1. The highest BCUT2D eigenvalue weighted by Crippen LogP contribution is 2.17. The van der Waals surface area contributed by atoms with Crippen LogP contribution in [0.25, 0.3) is 0 Å². The van der Waals surface area contributed by atoms with E-state index in [-0.39, 0.29) is 35.6 Å². The Bertz CT molecular complexity index is 909. The Morgan fingerprint density at radius 2 is 1.97 bits per heavy atom. The van der Waals surface area contributed by atoms with E-state index in [1.54, 1.807) is 23.5 Å². The van der Waals surface area contributed by atoms with Crippen LogP contribution in [0.1, 0.15) is 41.4 Å². The van der Waals surface area contributed by atoms with E-state index >= 15 is 0 Å². The predicted molar refractivity (Wildman–Crippen MR) is 134 cm³/mol. The van der Waals surface area contributed by atoms with Crippen molar-refractivity contribution in [2.75, 3.05) is 18.4 Å². The van der Waals surface area contributed by atoms with Gasteiger partial charge in [-0.3, -0.25) is 4.79 Å². The molecule has 0 bridgehead atoms. The lowest BCUT2D eigenvalue weighted by Crippen LogP contribution is -2.39. The minimum absolute atomic E-state index is 0. The summed E-state index contributed by atoms with van der Waals surface area (Å²) in [7, 11) is 0. The summed E-state index contributed by atoms with van der Waals surface area (Å²) >= 11 is 1.72. The monoisotopic (exact) mass is 538 g/mol. The fourth-order valence-electron chi connectivity index (χ4n) is 2.73. The quantitative estimate of drug-likeness (QED) is 0.213. The second-order valence-electron chi connectivity index (χ2n) is 6.66. The highest BCUT2D eigenvalue weighted by molar-refractivity contribution is 14.0. The minimum Gasteiger partial charge on any atom is -0.459 e. The number of aliphatic imine (C=N–C) groups is 1. The number of carbonyl (C=O) groups excluding carboxylic acids is 1. The molecule has 1 aromatic carbocycles. The van der Waals surface area contributed by atoms with Crippen LogP contribution >= 0.6 is 35.3 Å². The van der Waals surface area contributed by atoms with E-state index < -0.39 is 0 Å². The van der Waals surface area contributed by atoms with Gasteiger partial charge in [0.2, 0.25) is 0 Å². The first-order chi connectivity index (χ1) is 14.2. The van der Waals surface area contributed by atoms with E-state index in [1.165, 1.54) is 11.8 Å². The molecule has 3 N–H and O–H groups in total. The van der Waals surface area contributed by atoms with E-state index in [0.29, 0.717) is 18.2 Å². The zero-order valence-electron chi connectivity index (χ0n) is 17.1. The fourth-order valence-corrected chi connectivity index (χ4v) is 3.51. The maximum atomic E-state index is 12.0. The van der Waals surface area contributed by atoms with E-state index in [9.17, 15) is 4.79 Å². The fraction of sp³-hybridized carbons (Fsp3) is 0.273. The van der Waals surface area contributed by atoms with Crippen LogP contribution in [-0.4, -0.2) is 25.0 Å². The lowest BCUT2D eigenvalue weighted by molar-refractivity contribution is 0.0996. The number of nitrogens with one attached hydrogen (secondary N) is 3. The van der Waals surface area contributed by atoms with Crippen LogP contribution in [0, 0.1) is 0 Å². The van der Waals surface area contributed by atoms with Gasteiger partial charge in [0.1, 0.15) is 0 Å². The van der Waals surface area contributed by atoms with Crippen molar-refractivity contribution >= 4 is 52.9 Å². The first-order valence-electron chi connectivity index (χ1n) is 9.63. The van der Waals surface area contributed by atoms with Crippen molar-refractivity contribution in [3.8, 4) is 0 Å². The SMILES string of the molecule is CCNC(=NCc1ccc(NC(=O)c2ccco2)cc1)NCC(C)c1ccsc1.I. The maximum Gasteiger partial charge on any atom is 0.291 e. The lowest BCUT2D eigenvalue weighted by Gasteiger charge is -2.15. The highest BCUT2D eigenvalue weighted by Gasteiger charge is 2.09. The number of anilines is 1. The molecule has 160 valence electrons. The van der Waals surface area contributed by atoms with Gasteiger partial charge in [-0.15, -0.1) is 24.0 Å². The minimum atomic E-state index is -0.265. The summed E-state index contributed by atoms with van der Waals surface area (Å²) in [6.45, 7) is 6.43. The summed E-state index contributed by atoms with van der Waals surface area (Å²) < 4.78 is 5.10. The number of benzene rings is 1. The second kappa shape index (κ2) is 12.4. The third kappa shape index (κ3) is 7.17. The van der Waals surface area contributed by atoms with Crippen molar-refractivity contribution < 1.29 is 9.21 Å². The third-order valence-electron chi connectivity index (χ3n) is 4.41. The molecule has 3 rings (SSSR count). The van der Waals surface area contributed by atoms with Crippen LogP contribution in [-0.2, 0) is 6.54 Å². The van der Waals surface area contributed by atoms with Gasteiger partial charge in [0, 0.05) is 18.8 Å². The zero-order valence-corrected chi connectivity index (χ0v) is 20.2. The van der Waals surface area contributed by atoms with Gasteiger partial charge >= 0.3 is 0 Å². The first kappa shape index (κ1) is 23.9. The molecule has 1 amide bonds. The number of amides is 1. The Hall–Kier alpha value is -2.33. The van der Waals surface area contributed by atoms with Crippen LogP contribution in [0.3, 0.4) is 0 Å². The highest BCUT2D eigenvalue weighted by atomic mass is 127. The molecule has 30 heavy (non-hydrogen) atoms. The summed E-state index contributed by atoms with van der Waals surface area (Å²) in [6.07, 6.45) is 1.48. The number of hydrogen-bond acceptors (Lipinski definition) is 4. The lowest BCUT2D eigenvalue weighted by atomic mass is 10.1. The van der Waals surface area contributed by atoms with Crippen LogP contribution in [0.2, 0.25) is 0 Å². The summed E-state index contributed by atoms with van der Waals surface area (Å²) in [6, 6.07) is 13.1. The van der Waals surface area contributed by atoms with Crippen LogP contribution < -0.4 is 16.0 Å². The molecule has 0 aliphatic carbocycles. The van der Waals surface area contributed by atoms with Crippen LogP contribution in [0.4, 0.5) is 5.69 Å². The molecule has 0 fully saturated rings. The van der Waals surface area contributed by atoms with Gasteiger partial charge < -0.3 is 20.4 Å². The van der Waals surface area contributed by atoms with Crippen molar-refractivity contribution in [3.63, 3.8) is 0 Å². The molecule has 0 saturated heterocycles. The van der Waals surface area contributed by atoms with Crippen molar-refractivity contribution in [2.24, 2.45) is 4.99 Å². The second-order valence-corrected chi connectivity index (χ2v) is 7.44. The van der Waals surface area contributed by atoms with Gasteiger partial charge in [-0.2, -0.15) is 11.3 Å². The topological polar surface area (TPSA) is 78.7 Å². The maximum absolute atomic E-state index is 12.0. The van der Waals surface area contributed by atoms with Gasteiger partial charge in [0.05, 0.1) is 12.8 Å². The molecule has 8 heteroatoms. The summed E-state index contributed by atoms with van der Waals surface area (Å²) in [4.78, 5) is 16.7. The van der Waals surface area contributed by atoms with Gasteiger partial charge in [0.15, 0.2) is 11.7 Å². The molecule has 0 radical (unpaired) electrons. The number of hydrogen-bond donors (Lipinski definition) is 3. The Kier molecular flexibility index (Phi) is 9.88. The van der Waals surface area contributed by atoms with Crippen LogP contribution in [0.15, 0.2) is 68.9 Å². The van der Waals surface area contributed by atoms with Gasteiger partial charge in [-0.05, 0) is 65.1 Å². The zero-order chi connectivity index (χ0) is 20.5. The summed E-state index contributed by atoms with van der Waals surface area (Å²) in [5.74, 6) is 1.24. The molecule has 0 aliphatic heterocycles. The molecule has 1 atom stereocenters. The van der Waals surface area contributed by atoms with Crippen LogP contribution in [0.5, 0.6) is 0 Å². The first-order valence-corrected chi connectivity index (χ1v) is 10.6. The standard InChI is InChI=1S/C22H26N4O2S.HI/c1-3-23-22(24-13-16(2)18-10-12-29-15-18)25-14-17-6-8-19(9-7-17)26-21(27)20-5-4-11-28-20;/h4-12,15-16H,3,13-14H2,1-2H3,(H,26,27)(H2,23,24,25);1H. The Labute approximate surface area is 198 Å². The Balaban J connectivity index is 0.00000320. The normalized spacial score (nSPS) is 12.0. The molecular formula is C22H27IN4O2S. The summed E-state index contributed by atoms with van der Waals surface area (Å²) in [5, 5.41) is 13.8. The van der Waals surface area contributed by atoms with Gasteiger partial charge in [-0.1, -0.05) is 19.1 Å². The molecule has 2 aromatic heterocycles. The molecule has 3 aromatic rings. The summed E-state index contributed by atoms with van der Waals surface area (Å²) in [5.41, 5.74) is 3.11.